The number of carboxylic acids is 1. The fourth-order valence-corrected chi connectivity index (χ4v) is 5.60. The van der Waals surface area contributed by atoms with Crippen LogP contribution in [0.2, 0.25) is 0 Å². The van der Waals surface area contributed by atoms with Crippen LogP contribution in [0.3, 0.4) is 0 Å². The number of thioether (sulfide) groups is 1. The molecule has 174 valence electrons. The first-order valence-corrected chi connectivity index (χ1v) is 12.5. The van der Waals surface area contributed by atoms with Crippen molar-refractivity contribution in [1.29, 1.82) is 5.26 Å². The molecule has 0 saturated carbocycles. The number of para-hydroxylation sites is 1. The van der Waals surface area contributed by atoms with Crippen LogP contribution in [0.25, 0.3) is 0 Å². The van der Waals surface area contributed by atoms with Gasteiger partial charge in [0.2, 0.25) is 15.9 Å². The number of nitriles is 1. The third kappa shape index (κ3) is 5.13. The van der Waals surface area contributed by atoms with Crippen LogP contribution in [0.4, 0.5) is 15.8 Å². The molecule has 3 rings (SSSR count). The number of sulfonamides is 1. The molecule has 1 heterocycles. The second-order valence-electron chi connectivity index (χ2n) is 7.18. The van der Waals surface area contributed by atoms with Crippen LogP contribution in [0.1, 0.15) is 12.8 Å². The van der Waals surface area contributed by atoms with Crippen molar-refractivity contribution in [2.75, 3.05) is 24.7 Å². The molecule has 1 atom stereocenters. The van der Waals surface area contributed by atoms with E-state index in [1.165, 1.54) is 29.2 Å². The summed E-state index contributed by atoms with van der Waals surface area (Å²) in [5.74, 6) is -3.30. The second-order valence-corrected chi connectivity index (χ2v) is 9.99. The van der Waals surface area contributed by atoms with Crippen molar-refractivity contribution in [3.63, 3.8) is 0 Å². The smallest absolute Gasteiger partial charge is 0.368 e. The van der Waals surface area contributed by atoms with Gasteiger partial charge in [0.25, 0.3) is 0 Å². The molecule has 11 heteroatoms. The topological polar surface area (TPSA) is 111 Å². The third-order valence-electron chi connectivity index (χ3n) is 5.25. The van der Waals surface area contributed by atoms with Crippen LogP contribution in [-0.4, -0.2) is 49.7 Å². The van der Waals surface area contributed by atoms with Gasteiger partial charge >= 0.3 is 5.97 Å². The van der Waals surface area contributed by atoms with Crippen LogP contribution in [0.15, 0.2) is 64.3 Å². The predicted molar refractivity (Wildman–Crippen MR) is 123 cm³/mol. The Kier molecular flexibility index (Phi) is 7.63. The molecule has 8 nitrogen and oxygen atoms in total. The minimum Gasteiger partial charge on any atom is -0.476 e. The van der Waals surface area contributed by atoms with Crippen molar-refractivity contribution in [2.24, 2.45) is 0 Å². The van der Waals surface area contributed by atoms with E-state index >= 15 is 0 Å². The summed E-state index contributed by atoms with van der Waals surface area (Å²) in [6.07, 6.45) is 2.70. The summed E-state index contributed by atoms with van der Waals surface area (Å²) in [5, 5.41) is 17.8. The number of ether oxygens (including phenoxy) is 1. The van der Waals surface area contributed by atoms with E-state index in [2.05, 4.69) is 6.07 Å². The summed E-state index contributed by atoms with van der Waals surface area (Å²) in [6, 6.07) is 13.8. The molecule has 0 aromatic heterocycles. The molecular formula is C22H22FN3O5S2. The number of carboxylic acid groups (broad SMARTS) is 1. The molecular weight excluding hydrogens is 469 g/mol. The fourth-order valence-electron chi connectivity index (χ4n) is 3.50. The Morgan fingerprint density at radius 3 is 2.67 bits per heavy atom. The lowest BCUT2D eigenvalue weighted by atomic mass is 10.1. The van der Waals surface area contributed by atoms with E-state index < -0.39 is 27.9 Å². The standard InChI is InChI=1S/C22H22FN3O5S2/c1-25-16(9-6-10-24)13-26(15-7-4-3-5-8-15)18-11-20(32-2)19(12-21(18)33(25,29)30)31-14-17(23)22(27)28/h3-5,7-8,11-12,14,16H,6,9,13H2,1-2H3,(H,27,28)/b17-14-. The zero-order valence-electron chi connectivity index (χ0n) is 17.9. The molecule has 33 heavy (non-hydrogen) atoms. The van der Waals surface area contributed by atoms with Crippen molar-refractivity contribution >= 4 is 39.1 Å². The number of halogens is 1. The van der Waals surface area contributed by atoms with Crippen LogP contribution >= 0.6 is 11.8 Å². The quantitative estimate of drug-likeness (QED) is 0.350. The highest BCUT2D eigenvalue weighted by molar-refractivity contribution is 7.98. The van der Waals surface area contributed by atoms with Crippen LogP contribution in [0.5, 0.6) is 5.75 Å². The Hall–Kier alpha value is -3.07. The van der Waals surface area contributed by atoms with Gasteiger partial charge in [0, 0.05) is 37.8 Å². The van der Waals surface area contributed by atoms with E-state index in [0.29, 0.717) is 29.8 Å². The highest BCUT2D eigenvalue weighted by Gasteiger charge is 2.37. The summed E-state index contributed by atoms with van der Waals surface area (Å²) in [6.45, 7) is 0.315. The monoisotopic (exact) mass is 491 g/mol. The van der Waals surface area contributed by atoms with Crippen molar-refractivity contribution in [2.45, 2.75) is 28.7 Å². The number of aliphatic carboxylic acids is 1. The number of benzene rings is 2. The van der Waals surface area contributed by atoms with Crippen LogP contribution in [-0.2, 0) is 14.8 Å². The molecule has 1 aliphatic heterocycles. The molecule has 0 radical (unpaired) electrons. The molecule has 1 N–H and O–H groups in total. The maximum atomic E-state index is 13.5. The lowest BCUT2D eigenvalue weighted by Gasteiger charge is -2.29. The van der Waals surface area contributed by atoms with Gasteiger partial charge in [-0.15, -0.1) is 11.8 Å². The average Bonchev–Trinajstić information content (AvgIpc) is 2.89. The number of hydrogen-bond donors (Lipinski definition) is 1. The maximum absolute atomic E-state index is 13.5. The molecule has 1 unspecified atom stereocenters. The molecule has 1 aliphatic rings. The summed E-state index contributed by atoms with van der Waals surface area (Å²) < 4.78 is 47.0. The SMILES string of the molecule is CSc1cc2c(cc1O/C=C(\F)C(=O)O)S(=O)(=O)N(C)C(CCC#N)CN2c1ccccc1. The Morgan fingerprint density at radius 2 is 2.06 bits per heavy atom. The van der Waals surface area contributed by atoms with E-state index in [1.54, 1.807) is 12.3 Å². The summed E-state index contributed by atoms with van der Waals surface area (Å²) in [4.78, 5) is 13.1. The Balaban J connectivity index is 2.22. The van der Waals surface area contributed by atoms with E-state index in [0.717, 1.165) is 5.69 Å². The van der Waals surface area contributed by atoms with E-state index in [4.69, 9.17) is 15.1 Å². The zero-order valence-corrected chi connectivity index (χ0v) is 19.6. The normalized spacial score (nSPS) is 18.2. The zero-order chi connectivity index (χ0) is 24.2. The van der Waals surface area contributed by atoms with Crippen molar-refractivity contribution in [1.82, 2.24) is 4.31 Å². The minimum absolute atomic E-state index is 0.0121. The average molecular weight is 492 g/mol. The molecule has 0 saturated heterocycles. The van der Waals surface area contributed by atoms with Gasteiger partial charge in [-0.05, 0) is 30.9 Å². The molecule has 0 amide bonds. The second kappa shape index (κ2) is 10.2. The van der Waals surface area contributed by atoms with Gasteiger partial charge in [0.05, 0.1) is 16.7 Å². The van der Waals surface area contributed by atoms with E-state index in [9.17, 15) is 17.6 Å². The highest BCUT2D eigenvalue weighted by atomic mass is 32.2. The third-order valence-corrected chi connectivity index (χ3v) is 7.95. The molecule has 2 aromatic carbocycles. The van der Waals surface area contributed by atoms with Crippen LogP contribution < -0.4 is 9.64 Å². The highest BCUT2D eigenvalue weighted by Crippen LogP contribution is 2.43. The number of likely N-dealkylation sites (N-methyl/N-ethyl adjacent to an activating group) is 1. The van der Waals surface area contributed by atoms with Gasteiger partial charge in [-0.1, -0.05) is 18.2 Å². The molecule has 2 aromatic rings. The fraction of sp³-hybridized carbons (Fsp3) is 0.273. The number of rotatable bonds is 7. The molecule has 0 fully saturated rings. The van der Waals surface area contributed by atoms with E-state index in [1.807, 2.05) is 35.2 Å². The lowest BCUT2D eigenvalue weighted by Crippen LogP contribution is -2.40. The van der Waals surface area contributed by atoms with Gasteiger partial charge in [-0.25, -0.2) is 13.2 Å². The van der Waals surface area contributed by atoms with Crippen LogP contribution in [0, 0.1) is 11.3 Å². The molecule has 0 aliphatic carbocycles. The maximum Gasteiger partial charge on any atom is 0.368 e. The summed E-state index contributed by atoms with van der Waals surface area (Å²) in [7, 11) is -2.56. The Labute approximate surface area is 195 Å². The number of fused-ring (bicyclic) bond motifs is 1. The van der Waals surface area contributed by atoms with Gasteiger partial charge in [0.1, 0.15) is 16.9 Å². The first-order valence-electron chi connectivity index (χ1n) is 9.86. The number of nitrogens with zero attached hydrogens (tertiary/aromatic N) is 3. The number of anilines is 2. The van der Waals surface area contributed by atoms with Crippen molar-refractivity contribution in [3.05, 3.63) is 54.6 Å². The van der Waals surface area contributed by atoms with Gasteiger partial charge < -0.3 is 14.7 Å². The van der Waals surface area contributed by atoms with Crippen molar-refractivity contribution in [3.8, 4) is 11.8 Å². The lowest BCUT2D eigenvalue weighted by molar-refractivity contribution is -0.134. The number of hydrogen-bond acceptors (Lipinski definition) is 7. The largest absolute Gasteiger partial charge is 0.476 e. The summed E-state index contributed by atoms with van der Waals surface area (Å²) in [5.41, 5.74) is 1.18. The van der Waals surface area contributed by atoms with Gasteiger partial charge in [-0.3, -0.25) is 0 Å². The number of carbonyl (C=O) groups is 1. The first kappa shape index (κ1) is 24.6. The minimum atomic E-state index is -4.02. The Bertz CT molecular complexity index is 1210. The molecule has 0 bridgehead atoms. The van der Waals surface area contributed by atoms with Gasteiger partial charge in [0.15, 0.2) is 0 Å². The van der Waals surface area contributed by atoms with Crippen molar-refractivity contribution < 1.29 is 27.4 Å². The molecule has 0 spiro atoms. The van der Waals surface area contributed by atoms with Gasteiger partial charge in [-0.2, -0.15) is 14.0 Å². The van der Waals surface area contributed by atoms with E-state index in [-0.39, 0.29) is 17.1 Å². The first-order chi connectivity index (χ1) is 15.7. The predicted octanol–water partition coefficient (Wildman–Crippen LogP) is 4.13. The summed E-state index contributed by atoms with van der Waals surface area (Å²) >= 11 is 1.25. The Morgan fingerprint density at radius 1 is 1.36 bits per heavy atom.